The summed E-state index contributed by atoms with van der Waals surface area (Å²) in [5.41, 5.74) is 13.8. The Balaban J connectivity index is 0.846. The molecule has 3 aromatic carbocycles. The van der Waals surface area contributed by atoms with Crippen molar-refractivity contribution in [3.63, 3.8) is 0 Å². The lowest BCUT2D eigenvalue weighted by atomic mass is 9.52. The number of aliphatic hydroxyl groups is 3. The maximum absolute atomic E-state index is 14.4. The van der Waals surface area contributed by atoms with Crippen LogP contribution in [0.3, 0.4) is 0 Å². The summed E-state index contributed by atoms with van der Waals surface area (Å²) in [6.45, 7) is 4.38. The lowest BCUT2D eigenvalue weighted by molar-refractivity contribution is -0.126. The van der Waals surface area contributed by atoms with Gasteiger partial charge in [0.05, 0.1) is 25.3 Å². The van der Waals surface area contributed by atoms with E-state index < -0.39 is 19.5 Å². The molecule has 3 aromatic rings. The number of hydrogen-bond donors (Lipinski definition) is 9. The number of rotatable bonds is 22. The van der Waals surface area contributed by atoms with Gasteiger partial charge >= 0.3 is 0 Å². The van der Waals surface area contributed by atoms with Crippen molar-refractivity contribution in [2.45, 2.75) is 128 Å². The highest BCUT2D eigenvalue weighted by Crippen LogP contribution is 2.67. The minimum atomic E-state index is -0.677. The van der Waals surface area contributed by atoms with Gasteiger partial charge in [-0.15, -0.1) is 0 Å². The second-order valence-electron chi connectivity index (χ2n) is 23.7. The summed E-state index contributed by atoms with van der Waals surface area (Å²) in [5, 5.41) is 57.1. The third-order valence-corrected chi connectivity index (χ3v) is 19.1. The fraction of sp³-hybridized carbons (Fsp3) is 0.556. The van der Waals surface area contributed by atoms with Gasteiger partial charge in [-0.25, -0.2) is 0 Å². The first-order valence-corrected chi connectivity index (χ1v) is 28.5. The van der Waals surface area contributed by atoms with Crippen LogP contribution in [0.4, 0.5) is 0 Å². The highest BCUT2D eigenvalue weighted by atomic mass is 16.6. The van der Waals surface area contributed by atoms with E-state index >= 15 is 0 Å². The van der Waals surface area contributed by atoms with Crippen LogP contribution >= 0.6 is 0 Å². The number of ether oxygens (including phenoxy) is 1. The summed E-state index contributed by atoms with van der Waals surface area (Å²) in [6.07, 6.45) is 22.3. The first-order valence-electron chi connectivity index (χ1n) is 28.5. The molecule has 10 N–H and O–H groups in total. The molecule has 75 heavy (non-hydrogen) atoms. The van der Waals surface area contributed by atoms with Crippen molar-refractivity contribution in [3.05, 3.63) is 136 Å². The molecule has 8 aliphatic rings. The molecule has 13 atom stereocenters. The first-order chi connectivity index (χ1) is 36.5. The second kappa shape index (κ2) is 24.2. The molecule has 12 heteroatoms. The van der Waals surface area contributed by atoms with E-state index in [1.165, 1.54) is 42.0 Å². The molecule has 402 valence electrons. The number of aromatic hydroxyl groups is 1. The molecule has 5 saturated carbocycles. The van der Waals surface area contributed by atoms with Crippen LogP contribution in [-0.4, -0.2) is 95.9 Å². The lowest BCUT2D eigenvalue weighted by Gasteiger charge is -2.55. The number of Topliss-reactive ketones (excluding diaryl/α,β-unsaturated/α-hetero) is 1. The maximum atomic E-state index is 14.4. The fourth-order valence-electron chi connectivity index (χ4n) is 15.9. The molecule has 1 saturated heterocycles. The van der Waals surface area contributed by atoms with Crippen molar-refractivity contribution in [2.24, 2.45) is 58.5 Å². The van der Waals surface area contributed by atoms with Crippen LogP contribution in [0.25, 0.3) is 5.57 Å². The number of aryl methyl sites for hydroxylation is 3. The van der Waals surface area contributed by atoms with Crippen LogP contribution in [-0.2, 0) is 35.3 Å². The standard InChI is InChI=1S/C63H83N5O7/c1-39(71)34-67-58-29-51-24-43-16-17-57(58)63(51,33-56-54-18-20-65-35-49(54)22-45-11-6-19-66-62(45)56)32-47(43)25-52(72)30-53(73)26-50(37-69)55-31-60(75-38-70)59(74)27-46(55)23-48-36-68-61(64)28-44(48)15-14-42-10-5-9-41(21-42)13-12-40-7-3-2-4-8-40/h2-11,21,26-28,31,36,39,43,45,47,49,51,54,56-58,61-62,65-71,74H,12-20,22-25,29-30,32-35,37-38,64H2,1H3. The Labute approximate surface area is 444 Å². The smallest absolute Gasteiger partial charge is 0.186 e. The quantitative estimate of drug-likeness (QED) is 0.0212. The predicted molar refractivity (Wildman–Crippen MR) is 294 cm³/mol. The summed E-state index contributed by atoms with van der Waals surface area (Å²) in [6, 6.07) is 23.2. The Morgan fingerprint density at radius 2 is 1.73 bits per heavy atom. The Morgan fingerprint density at radius 3 is 2.53 bits per heavy atom. The zero-order valence-electron chi connectivity index (χ0n) is 44.1. The number of carbonyl (C=O) groups is 2. The number of piperidine rings is 1. The number of fused-ring (bicyclic) bond motifs is 4. The number of allylic oxidation sites excluding steroid dienone is 3. The number of dihydropyridines is 1. The van der Waals surface area contributed by atoms with Crippen LogP contribution < -0.4 is 31.7 Å². The number of nitrogens with one attached hydrogen (secondary N) is 4. The summed E-state index contributed by atoms with van der Waals surface area (Å²) >= 11 is 0. The molecule has 12 nitrogen and oxygen atoms in total. The van der Waals surface area contributed by atoms with E-state index in [1.54, 1.807) is 12.1 Å². The number of aliphatic hydroxyl groups excluding tert-OH is 3. The number of phenolic OH excluding ortho intramolecular Hbond substituents is 1. The van der Waals surface area contributed by atoms with Crippen LogP contribution in [0.1, 0.15) is 105 Å². The zero-order valence-corrected chi connectivity index (χ0v) is 44.1. The van der Waals surface area contributed by atoms with Crippen molar-refractivity contribution in [2.75, 3.05) is 39.6 Å². The zero-order chi connectivity index (χ0) is 52.1. The van der Waals surface area contributed by atoms with Crippen LogP contribution in [0.2, 0.25) is 0 Å². The minimum absolute atomic E-state index is 0.0181. The van der Waals surface area contributed by atoms with Gasteiger partial charge in [-0.3, -0.25) is 9.59 Å². The van der Waals surface area contributed by atoms with Gasteiger partial charge in [0.1, 0.15) is 5.78 Å². The van der Waals surface area contributed by atoms with Crippen molar-refractivity contribution < 1.29 is 34.8 Å². The highest BCUT2D eigenvalue weighted by molar-refractivity contribution is 6.07. The van der Waals surface area contributed by atoms with Gasteiger partial charge in [-0.2, -0.15) is 0 Å². The van der Waals surface area contributed by atoms with E-state index in [1.807, 2.05) is 25.3 Å². The molecular formula is C63H83N5O7. The van der Waals surface area contributed by atoms with Crippen LogP contribution in [0, 0.1) is 52.8 Å². The number of benzene rings is 3. The Morgan fingerprint density at radius 1 is 0.933 bits per heavy atom. The number of hydrogen-bond acceptors (Lipinski definition) is 12. The molecule has 0 spiro atoms. The molecular weight excluding hydrogens is 939 g/mol. The molecule has 5 aliphatic carbocycles. The second-order valence-corrected chi connectivity index (χ2v) is 23.7. The third kappa shape index (κ3) is 12.3. The summed E-state index contributed by atoms with van der Waals surface area (Å²) < 4.78 is 5.42. The number of nitrogens with two attached hydrogens (primary N) is 1. The molecule has 0 radical (unpaired) electrons. The average Bonchev–Trinajstić information content (AvgIpc) is 3.53. The average molecular weight is 1020 g/mol. The largest absolute Gasteiger partial charge is 0.504 e. The van der Waals surface area contributed by atoms with Gasteiger partial charge in [-0.1, -0.05) is 66.7 Å². The number of carbonyl (C=O) groups excluding carboxylic acids is 2. The molecule has 0 aromatic heterocycles. The fourth-order valence-corrected chi connectivity index (χ4v) is 15.9. The van der Waals surface area contributed by atoms with Gasteiger partial charge in [0.15, 0.2) is 24.1 Å². The van der Waals surface area contributed by atoms with Gasteiger partial charge in [0.25, 0.3) is 0 Å². The van der Waals surface area contributed by atoms with Crippen molar-refractivity contribution in [3.8, 4) is 11.5 Å². The molecule has 0 amide bonds. The molecule has 3 heterocycles. The molecule has 4 bridgehead atoms. The van der Waals surface area contributed by atoms with Gasteiger partial charge < -0.3 is 52.2 Å². The predicted octanol–water partition coefficient (Wildman–Crippen LogP) is 7.24. The Hall–Kier alpha value is -4.92. The number of ketones is 2. The van der Waals surface area contributed by atoms with Crippen molar-refractivity contribution in [1.82, 2.24) is 21.3 Å². The summed E-state index contributed by atoms with van der Waals surface area (Å²) in [4.78, 5) is 28.5. The molecule has 3 aliphatic heterocycles. The SMILES string of the molecule is CC(O)CNC1CC2CC3CCC1C2(CC1C2CCNCC2CC2C=CCNC21)CC3CC(=O)CC(=O)C=C(CO)c1cc(OCO)c(O)cc1CC1=CNC(N)C=C1CCc1cccc(CCc2ccccc2)c1. The van der Waals surface area contributed by atoms with Crippen molar-refractivity contribution >= 4 is 17.1 Å². The first kappa shape index (κ1) is 53.5. The third-order valence-electron chi connectivity index (χ3n) is 19.1. The van der Waals surface area contributed by atoms with E-state index in [4.69, 9.17) is 10.5 Å². The Kier molecular flexibility index (Phi) is 17.2. The minimum Gasteiger partial charge on any atom is -0.504 e. The summed E-state index contributed by atoms with van der Waals surface area (Å²) in [7, 11) is 0. The lowest BCUT2D eigenvalue weighted by Crippen LogP contribution is -2.58. The van der Waals surface area contributed by atoms with E-state index in [9.17, 15) is 30.0 Å². The highest BCUT2D eigenvalue weighted by Gasteiger charge is 2.62. The summed E-state index contributed by atoms with van der Waals surface area (Å²) in [5.74, 6) is 3.54. The topological polar surface area (TPSA) is 198 Å². The van der Waals surface area contributed by atoms with Gasteiger partial charge in [0, 0.05) is 37.8 Å². The van der Waals surface area contributed by atoms with E-state index in [0.29, 0.717) is 89.6 Å². The molecule has 13 unspecified atom stereocenters. The van der Waals surface area contributed by atoms with Crippen molar-refractivity contribution in [1.29, 1.82) is 0 Å². The van der Waals surface area contributed by atoms with E-state index in [2.05, 4.69) is 82.0 Å². The molecule has 11 rings (SSSR count). The van der Waals surface area contributed by atoms with E-state index in [0.717, 1.165) is 88.6 Å². The van der Waals surface area contributed by atoms with Gasteiger partial charge in [-0.05, 0) is 225 Å². The number of phenols is 1. The monoisotopic (exact) mass is 1020 g/mol. The normalized spacial score (nSPS) is 31.3. The van der Waals surface area contributed by atoms with E-state index in [-0.39, 0.29) is 47.0 Å². The van der Waals surface area contributed by atoms with Gasteiger partial charge in [0.2, 0.25) is 0 Å². The Bertz CT molecular complexity index is 2610. The van der Waals surface area contributed by atoms with Crippen LogP contribution in [0.15, 0.2) is 108 Å². The maximum Gasteiger partial charge on any atom is 0.186 e. The van der Waals surface area contributed by atoms with Crippen LogP contribution in [0.5, 0.6) is 11.5 Å². The molecule has 6 fully saturated rings.